The molecule has 0 bridgehead atoms. The summed E-state index contributed by atoms with van der Waals surface area (Å²) < 4.78 is 16.6. The van der Waals surface area contributed by atoms with Gasteiger partial charge in [-0.25, -0.2) is 4.79 Å². The van der Waals surface area contributed by atoms with Crippen molar-refractivity contribution in [1.29, 1.82) is 0 Å². The molecular formula is C44H85NO6. The zero-order chi connectivity index (χ0) is 37.0. The average Bonchev–Trinajstić information content (AvgIpc) is 3.89. The minimum absolute atomic E-state index is 0.00708. The Morgan fingerprint density at radius 3 is 1.69 bits per heavy atom. The van der Waals surface area contributed by atoms with Crippen LogP contribution in [0.1, 0.15) is 213 Å². The quantitative estimate of drug-likeness (QED) is 0.0499. The maximum absolute atomic E-state index is 12.7. The summed E-state index contributed by atoms with van der Waals surface area (Å²) in [6, 6.07) is 0. The van der Waals surface area contributed by atoms with E-state index >= 15 is 0 Å². The number of hydrogen-bond acceptors (Lipinski definition) is 7. The summed E-state index contributed by atoms with van der Waals surface area (Å²) in [4.78, 5) is 27.0. The van der Waals surface area contributed by atoms with Gasteiger partial charge in [0, 0.05) is 13.0 Å². The van der Waals surface area contributed by atoms with Gasteiger partial charge in [0.2, 0.25) is 0 Å². The Morgan fingerprint density at radius 2 is 1.10 bits per heavy atom. The van der Waals surface area contributed by atoms with E-state index in [1.807, 2.05) is 0 Å². The predicted octanol–water partition coefficient (Wildman–Crippen LogP) is 12.4. The average molecular weight is 724 g/mol. The number of esters is 1. The lowest BCUT2D eigenvalue weighted by Crippen LogP contribution is -2.29. The molecule has 2 unspecified atom stereocenters. The van der Waals surface area contributed by atoms with Crippen LogP contribution < -0.4 is 0 Å². The molecule has 0 amide bonds. The van der Waals surface area contributed by atoms with Gasteiger partial charge >= 0.3 is 12.1 Å². The van der Waals surface area contributed by atoms with E-state index in [1.54, 1.807) is 0 Å². The fourth-order valence-electron chi connectivity index (χ4n) is 7.29. The van der Waals surface area contributed by atoms with Gasteiger partial charge in [0.25, 0.3) is 0 Å². The van der Waals surface area contributed by atoms with Gasteiger partial charge in [-0.1, -0.05) is 149 Å². The standard InChI is InChI=1S/C44H85NO6/c1-4-7-10-13-16-23-30-42(31-24-17-14-11-8-5-2)51-43(47)32-25-18-15-19-26-33-45(35-36-46)34-27-20-21-28-37-49-44(48)50-39-41-38-40(41)29-22-12-9-6-3/h40-42,46H,4-39H2,1-3H3. The second-order valence-corrected chi connectivity index (χ2v) is 15.7. The molecule has 7 nitrogen and oxygen atoms in total. The summed E-state index contributed by atoms with van der Waals surface area (Å²) in [5.74, 6) is 1.31. The highest BCUT2D eigenvalue weighted by molar-refractivity contribution is 5.69. The Bertz CT molecular complexity index is 763. The van der Waals surface area contributed by atoms with Crippen LogP contribution in [0.4, 0.5) is 4.79 Å². The van der Waals surface area contributed by atoms with Crippen LogP contribution in [-0.4, -0.2) is 67.7 Å². The second-order valence-electron chi connectivity index (χ2n) is 15.7. The van der Waals surface area contributed by atoms with Crippen LogP contribution in [0.3, 0.4) is 0 Å². The normalized spacial score (nSPS) is 15.5. The van der Waals surface area contributed by atoms with Crippen molar-refractivity contribution < 1.29 is 28.9 Å². The van der Waals surface area contributed by atoms with Crippen molar-refractivity contribution in [2.24, 2.45) is 11.8 Å². The number of nitrogens with zero attached hydrogens (tertiary/aromatic N) is 1. The van der Waals surface area contributed by atoms with Crippen molar-refractivity contribution in [3.63, 3.8) is 0 Å². The van der Waals surface area contributed by atoms with E-state index in [1.165, 1.54) is 116 Å². The van der Waals surface area contributed by atoms with Gasteiger partial charge in [-0.05, 0) is 82.7 Å². The lowest BCUT2D eigenvalue weighted by atomic mass is 10.0. The molecule has 1 rings (SSSR count). The van der Waals surface area contributed by atoms with Crippen molar-refractivity contribution in [2.75, 3.05) is 39.5 Å². The summed E-state index contributed by atoms with van der Waals surface area (Å²) >= 11 is 0. The molecule has 0 aromatic rings. The van der Waals surface area contributed by atoms with Crippen molar-refractivity contribution in [2.45, 2.75) is 219 Å². The van der Waals surface area contributed by atoms with E-state index in [2.05, 4.69) is 25.7 Å². The number of ether oxygens (including phenoxy) is 3. The highest BCUT2D eigenvalue weighted by Crippen LogP contribution is 2.42. The van der Waals surface area contributed by atoms with Crippen LogP contribution in [0.5, 0.6) is 0 Å². The minimum atomic E-state index is -0.507. The lowest BCUT2D eigenvalue weighted by molar-refractivity contribution is -0.150. The Kier molecular flexibility index (Phi) is 33.4. The monoisotopic (exact) mass is 724 g/mol. The molecule has 0 saturated heterocycles. The molecule has 0 spiro atoms. The Labute approximate surface area is 316 Å². The van der Waals surface area contributed by atoms with Crippen LogP contribution in [0.25, 0.3) is 0 Å². The van der Waals surface area contributed by atoms with Gasteiger partial charge in [0.05, 0.1) is 19.8 Å². The molecule has 2 atom stereocenters. The summed E-state index contributed by atoms with van der Waals surface area (Å²) in [6.07, 6.45) is 34.8. The molecule has 302 valence electrons. The molecule has 1 N–H and O–H groups in total. The number of unbranched alkanes of at least 4 members (excludes halogenated alkanes) is 20. The molecule has 0 aromatic heterocycles. The van der Waals surface area contributed by atoms with Crippen LogP contribution in [0.2, 0.25) is 0 Å². The fourth-order valence-corrected chi connectivity index (χ4v) is 7.29. The number of aliphatic hydroxyl groups is 1. The van der Waals surface area contributed by atoms with Gasteiger partial charge in [0.1, 0.15) is 6.10 Å². The molecule has 7 heteroatoms. The maximum atomic E-state index is 12.7. The number of carbonyl (C=O) groups is 2. The minimum Gasteiger partial charge on any atom is -0.462 e. The molecule has 0 radical (unpaired) electrons. The SMILES string of the molecule is CCCCCCCCC(CCCCCCCC)OC(=O)CCCCCCCN(CCO)CCCCCCOC(=O)OCC1CC1CCCCCC. The molecule has 0 aromatic carbocycles. The third-order valence-electron chi connectivity index (χ3n) is 10.8. The summed E-state index contributed by atoms with van der Waals surface area (Å²) in [5, 5.41) is 9.54. The second kappa shape index (κ2) is 35.7. The van der Waals surface area contributed by atoms with E-state index in [-0.39, 0.29) is 18.7 Å². The zero-order valence-electron chi connectivity index (χ0n) is 34.1. The zero-order valence-corrected chi connectivity index (χ0v) is 34.1. The molecule has 1 fully saturated rings. The van der Waals surface area contributed by atoms with Crippen molar-refractivity contribution in [1.82, 2.24) is 4.90 Å². The Balaban J connectivity index is 2.07. The fraction of sp³-hybridized carbons (Fsp3) is 0.955. The Hall–Kier alpha value is -1.34. The van der Waals surface area contributed by atoms with Gasteiger partial charge in [-0.2, -0.15) is 0 Å². The van der Waals surface area contributed by atoms with E-state index in [4.69, 9.17) is 14.2 Å². The first-order chi connectivity index (χ1) is 25.0. The molecule has 1 aliphatic carbocycles. The van der Waals surface area contributed by atoms with Crippen molar-refractivity contribution in [3.05, 3.63) is 0 Å². The van der Waals surface area contributed by atoms with Gasteiger partial charge in [-0.3, -0.25) is 4.79 Å². The number of carbonyl (C=O) groups excluding carboxylic acids is 2. The molecule has 1 aliphatic rings. The van der Waals surface area contributed by atoms with Crippen LogP contribution in [0.15, 0.2) is 0 Å². The molecule has 1 saturated carbocycles. The van der Waals surface area contributed by atoms with Crippen LogP contribution >= 0.6 is 0 Å². The first-order valence-electron chi connectivity index (χ1n) is 22.4. The summed E-state index contributed by atoms with van der Waals surface area (Å²) in [7, 11) is 0. The molecular weight excluding hydrogens is 638 g/mol. The van der Waals surface area contributed by atoms with Crippen LogP contribution in [-0.2, 0) is 19.0 Å². The van der Waals surface area contributed by atoms with Gasteiger partial charge in [-0.15, -0.1) is 0 Å². The highest BCUT2D eigenvalue weighted by atomic mass is 16.7. The molecule has 0 aliphatic heterocycles. The summed E-state index contributed by atoms with van der Waals surface area (Å²) in [5.41, 5.74) is 0. The van der Waals surface area contributed by atoms with Crippen molar-refractivity contribution in [3.8, 4) is 0 Å². The third-order valence-corrected chi connectivity index (χ3v) is 10.8. The number of aliphatic hydroxyl groups excluding tert-OH is 1. The molecule has 51 heavy (non-hydrogen) atoms. The molecule has 0 heterocycles. The smallest absolute Gasteiger partial charge is 0.462 e. The lowest BCUT2D eigenvalue weighted by Gasteiger charge is -2.21. The predicted molar refractivity (Wildman–Crippen MR) is 213 cm³/mol. The maximum Gasteiger partial charge on any atom is 0.508 e. The van der Waals surface area contributed by atoms with E-state index < -0.39 is 6.16 Å². The Morgan fingerprint density at radius 1 is 0.588 bits per heavy atom. The first-order valence-corrected chi connectivity index (χ1v) is 22.4. The largest absolute Gasteiger partial charge is 0.508 e. The first kappa shape index (κ1) is 47.7. The van der Waals surface area contributed by atoms with Crippen LogP contribution in [0, 0.1) is 11.8 Å². The third kappa shape index (κ3) is 30.8. The summed E-state index contributed by atoms with van der Waals surface area (Å²) in [6.45, 7) is 10.6. The van der Waals surface area contributed by atoms with Gasteiger partial charge < -0.3 is 24.2 Å². The topological polar surface area (TPSA) is 85.3 Å². The number of rotatable bonds is 39. The van der Waals surface area contributed by atoms with Gasteiger partial charge in [0.15, 0.2) is 0 Å². The highest BCUT2D eigenvalue weighted by Gasteiger charge is 2.37. The number of hydrogen-bond donors (Lipinski definition) is 1. The van der Waals surface area contributed by atoms with Crippen molar-refractivity contribution >= 4 is 12.1 Å². The van der Waals surface area contributed by atoms with E-state index in [0.29, 0.717) is 25.6 Å². The van der Waals surface area contributed by atoms with E-state index in [0.717, 1.165) is 96.2 Å². The van der Waals surface area contributed by atoms with E-state index in [9.17, 15) is 14.7 Å².